The number of carbonyl (C=O) groups is 2. The van der Waals surface area contributed by atoms with Crippen LogP contribution in [0.3, 0.4) is 0 Å². The minimum Gasteiger partial charge on any atom is -0.480 e. The van der Waals surface area contributed by atoms with Crippen molar-refractivity contribution in [2.24, 2.45) is 0 Å². The Bertz CT molecular complexity index is 904. The minimum atomic E-state index is -1.04. The number of allylic oxidation sites excluding steroid dienone is 1. The number of hydrogen-bond donors (Lipinski definition) is 2. The van der Waals surface area contributed by atoms with Gasteiger partial charge >= 0.3 is 12.1 Å². The molecule has 0 aliphatic heterocycles. The van der Waals surface area contributed by atoms with Crippen molar-refractivity contribution in [3.8, 4) is 11.1 Å². The molecular weight excluding hydrogens is 366 g/mol. The summed E-state index contributed by atoms with van der Waals surface area (Å²) in [7, 11) is 0. The number of ether oxygens (including phenoxy) is 1. The van der Waals surface area contributed by atoms with Crippen LogP contribution < -0.4 is 5.32 Å². The molecule has 1 atom stereocenters. The van der Waals surface area contributed by atoms with Crippen LogP contribution in [0.15, 0.2) is 60.2 Å². The number of alkyl carbamates (subject to hydrolysis) is 1. The van der Waals surface area contributed by atoms with Gasteiger partial charge in [0.2, 0.25) is 0 Å². The van der Waals surface area contributed by atoms with E-state index in [4.69, 9.17) is 4.74 Å². The van der Waals surface area contributed by atoms with Crippen molar-refractivity contribution in [1.82, 2.24) is 5.32 Å². The van der Waals surface area contributed by atoms with Gasteiger partial charge in [0.25, 0.3) is 0 Å². The summed E-state index contributed by atoms with van der Waals surface area (Å²) in [5.41, 5.74) is 5.67. The van der Waals surface area contributed by atoms with Gasteiger partial charge < -0.3 is 15.2 Å². The van der Waals surface area contributed by atoms with Crippen molar-refractivity contribution in [3.63, 3.8) is 0 Å². The number of benzene rings is 2. The van der Waals surface area contributed by atoms with E-state index in [2.05, 4.69) is 35.7 Å². The molecule has 2 aromatic rings. The molecule has 2 aromatic carbocycles. The summed E-state index contributed by atoms with van der Waals surface area (Å²) >= 11 is 0. The molecule has 0 aromatic heterocycles. The number of carboxylic acid groups (broad SMARTS) is 1. The summed E-state index contributed by atoms with van der Waals surface area (Å²) in [6.45, 7) is 0.175. The van der Waals surface area contributed by atoms with Crippen LogP contribution in [0.4, 0.5) is 4.79 Å². The lowest BCUT2D eigenvalue weighted by atomic mass is 9.94. The van der Waals surface area contributed by atoms with E-state index in [1.54, 1.807) is 0 Å². The molecule has 1 amide bonds. The maximum Gasteiger partial charge on any atom is 0.407 e. The SMILES string of the molecule is O=C(N[C@H](CC1=CCCCC1)C(=O)O)OCC1c2ccccc2-c2ccccc21. The van der Waals surface area contributed by atoms with E-state index in [9.17, 15) is 14.7 Å². The van der Waals surface area contributed by atoms with Gasteiger partial charge in [-0.1, -0.05) is 60.2 Å². The maximum absolute atomic E-state index is 12.4. The Kier molecular flexibility index (Phi) is 5.65. The van der Waals surface area contributed by atoms with Crippen molar-refractivity contribution in [2.75, 3.05) is 6.61 Å². The predicted molar refractivity (Wildman–Crippen MR) is 111 cm³/mol. The molecule has 0 bridgehead atoms. The summed E-state index contributed by atoms with van der Waals surface area (Å²) in [5.74, 6) is -1.08. The van der Waals surface area contributed by atoms with E-state index in [0.29, 0.717) is 6.42 Å². The van der Waals surface area contributed by atoms with Crippen LogP contribution in [-0.2, 0) is 9.53 Å². The number of fused-ring (bicyclic) bond motifs is 3. The van der Waals surface area contributed by atoms with Gasteiger partial charge in [0.1, 0.15) is 12.6 Å². The zero-order chi connectivity index (χ0) is 20.2. The lowest BCUT2D eigenvalue weighted by molar-refractivity contribution is -0.139. The quantitative estimate of drug-likeness (QED) is 0.689. The normalized spacial score (nSPS) is 16.3. The molecule has 5 nitrogen and oxygen atoms in total. The maximum atomic E-state index is 12.4. The van der Waals surface area contributed by atoms with E-state index >= 15 is 0 Å². The molecule has 0 spiro atoms. The largest absolute Gasteiger partial charge is 0.480 e. The molecule has 0 saturated carbocycles. The molecule has 29 heavy (non-hydrogen) atoms. The smallest absolute Gasteiger partial charge is 0.407 e. The van der Waals surface area contributed by atoms with Gasteiger partial charge in [0.15, 0.2) is 0 Å². The van der Waals surface area contributed by atoms with Gasteiger partial charge in [-0.3, -0.25) is 0 Å². The van der Waals surface area contributed by atoms with Gasteiger partial charge in [0.05, 0.1) is 0 Å². The predicted octanol–water partition coefficient (Wildman–Crippen LogP) is 4.87. The molecule has 0 radical (unpaired) electrons. The molecule has 4 rings (SSSR count). The zero-order valence-corrected chi connectivity index (χ0v) is 16.3. The van der Waals surface area contributed by atoms with Gasteiger partial charge in [-0.15, -0.1) is 0 Å². The molecule has 0 unspecified atom stereocenters. The Morgan fingerprint density at radius 3 is 2.28 bits per heavy atom. The second kappa shape index (κ2) is 8.52. The Hall–Kier alpha value is -3.08. The first kappa shape index (κ1) is 19.2. The van der Waals surface area contributed by atoms with Crippen LogP contribution in [0.5, 0.6) is 0 Å². The van der Waals surface area contributed by atoms with E-state index < -0.39 is 18.1 Å². The van der Waals surface area contributed by atoms with E-state index in [0.717, 1.165) is 53.5 Å². The van der Waals surface area contributed by atoms with Gasteiger partial charge in [-0.25, -0.2) is 9.59 Å². The third-order valence-corrected chi connectivity index (χ3v) is 5.79. The van der Waals surface area contributed by atoms with Gasteiger partial charge in [-0.05, 0) is 54.4 Å². The average molecular weight is 391 g/mol. The zero-order valence-electron chi connectivity index (χ0n) is 16.3. The lowest BCUT2D eigenvalue weighted by Gasteiger charge is -2.20. The number of nitrogens with one attached hydrogen (secondary N) is 1. The first-order valence-corrected chi connectivity index (χ1v) is 10.2. The summed E-state index contributed by atoms with van der Waals surface area (Å²) < 4.78 is 5.48. The molecular formula is C24H25NO4. The third-order valence-electron chi connectivity index (χ3n) is 5.79. The summed E-state index contributed by atoms with van der Waals surface area (Å²) in [4.78, 5) is 24.0. The number of carbonyl (C=O) groups excluding carboxylic acids is 1. The van der Waals surface area contributed by atoms with Crippen LogP contribution in [0, 0.1) is 0 Å². The van der Waals surface area contributed by atoms with Crippen molar-refractivity contribution >= 4 is 12.1 Å². The molecule has 5 heteroatoms. The van der Waals surface area contributed by atoms with Crippen LogP contribution in [-0.4, -0.2) is 29.8 Å². The number of hydrogen-bond acceptors (Lipinski definition) is 3. The summed E-state index contributed by atoms with van der Waals surface area (Å²) in [6, 6.07) is 15.3. The molecule has 2 aliphatic rings. The van der Waals surface area contributed by atoms with E-state index in [-0.39, 0.29) is 12.5 Å². The topological polar surface area (TPSA) is 75.6 Å². The molecule has 150 valence electrons. The van der Waals surface area contributed by atoms with Crippen molar-refractivity contribution in [1.29, 1.82) is 0 Å². The van der Waals surface area contributed by atoms with Crippen LogP contribution >= 0.6 is 0 Å². The standard InChI is InChI=1S/C24H25NO4/c26-23(27)22(14-16-8-2-1-3-9-16)25-24(28)29-15-21-19-12-6-4-10-17(19)18-11-5-7-13-20(18)21/h4-8,10-13,21-22H,1-3,9,14-15H2,(H,25,28)(H,26,27)/t22-/m1/s1. The van der Waals surface area contributed by atoms with E-state index in [1.807, 2.05) is 24.3 Å². The molecule has 0 saturated heterocycles. The first-order valence-electron chi connectivity index (χ1n) is 10.2. The fourth-order valence-corrected chi connectivity index (χ4v) is 4.33. The second-order valence-corrected chi connectivity index (χ2v) is 7.67. The highest BCUT2D eigenvalue weighted by atomic mass is 16.5. The van der Waals surface area contributed by atoms with Crippen LogP contribution in [0.2, 0.25) is 0 Å². The highest BCUT2D eigenvalue weighted by Crippen LogP contribution is 2.44. The fraction of sp³-hybridized carbons (Fsp3) is 0.333. The Morgan fingerprint density at radius 1 is 1.03 bits per heavy atom. The van der Waals surface area contributed by atoms with Crippen LogP contribution in [0.25, 0.3) is 11.1 Å². The van der Waals surface area contributed by atoms with Crippen LogP contribution in [0.1, 0.15) is 49.1 Å². The number of carboxylic acids is 1. The van der Waals surface area contributed by atoms with Gasteiger partial charge in [-0.2, -0.15) is 0 Å². The van der Waals surface area contributed by atoms with Crippen molar-refractivity contribution < 1.29 is 19.4 Å². The molecule has 0 heterocycles. The number of aliphatic carboxylic acids is 1. The number of amides is 1. The summed E-state index contributed by atoms with van der Waals surface area (Å²) in [5, 5.41) is 12.0. The molecule has 2 aliphatic carbocycles. The average Bonchev–Trinajstić information content (AvgIpc) is 3.06. The van der Waals surface area contributed by atoms with Gasteiger partial charge in [0, 0.05) is 5.92 Å². The highest BCUT2D eigenvalue weighted by molar-refractivity contribution is 5.81. The molecule has 0 fully saturated rings. The minimum absolute atomic E-state index is 0.0440. The molecule has 2 N–H and O–H groups in total. The fourth-order valence-electron chi connectivity index (χ4n) is 4.33. The Balaban J connectivity index is 1.41. The number of rotatable bonds is 6. The Morgan fingerprint density at radius 2 is 1.69 bits per heavy atom. The first-order chi connectivity index (χ1) is 14.1. The van der Waals surface area contributed by atoms with Crippen molar-refractivity contribution in [3.05, 3.63) is 71.3 Å². The second-order valence-electron chi connectivity index (χ2n) is 7.67. The third kappa shape index (κ3) is 4.19. The monoisotopic (exact) mass is 391 g/mol. The van der Waals surface area contributed by atoms with Crippen molar-refractivity contribution in [2.45, 2.75) is 44.1 Å². The Labute approximate surface area is 170 Å². The van der Waals surface area contributed by atoms with E-state index in [1.165, 1.54) is 0 Å². The summed E-state index contributed by atoms with van der Waals surface area (Å²) in [6.07, 6.45) is 5.83. The highest BCUT2D eigenvalue weighted by Gasteiger charge is 2.30. The lowest BCUT2D eigenvalue weighted by Crippen LogP contribution is -2.41.